The molecule has 2 aliphatic heterocycles. The fourth-order valence-corrected chi connectivity index (χ4v) is 6.31. The first kappa shape index (κ1) is 22.0. The summed E-state index contributed by atoms with van der Waals surface area (Å²) in [7, 11) is -3.72. The summed E-state index contributed by atoms with van der Waals surface area (Å²) < 4.78 is 28.6. The van der Waals surface area contributed by atoms with E-state index in [9.17, 15) is 18.0 Å². The minimum atomic E-state index is -3.72. The molecule has 3 fully saturated rings. The van der Waals surface area contributed by atoms with E-state index in [4.69, 9.17) is 11.6 Å². The number of nitrogens with zero attached hydrogens (tertiary/aromatic N) is 3. The van der Waals surface area contributed by atoms with Crippen molar-refractivity contribution in [1.29, 1.82) is 0 Å². The highest BCUT2D eigenvalue weighted by Crippen LogP contribution is 2.40. The molecule has 32 heavy (non-hydrogen) atoms. The van der Waals surface area contributed by atoms with Gasteiger partial charge in [-0.1, -0.05) is 0 Å². The highest BCUT2D eigenvalue weighted by Gasteiger charge is 2.50. The lowest BCUT2D eigenvalue weighted by molar-refractivity contribution is -0.140. The lowest BCUT2D eigenvalue weighted by Gasteiger charge is -2.56. The van der Waals surface area contributed by atoms with Gasteiger partial charge in [0.15, 0.2) is 0 Å². The Morgan fingerprint density at radius 2 is 1.91 bits per heavy atom. The summed E-state index contributed by atoms with van der Waals surface area (Å²) in [6.45, 7) is 5.98. The number of likely N-dealkylation sites (tertiary alicyclic amines) is 1. The number of carbonyl (C=O) groups is 2. The molecular weight excluding hydrogens is 452 g/mol. The minimum absolute atomic E-state index is 0.0756. The van der Waals surface area contributed by atoms with Crippen LogP contribution in [0.3, 0.4) is 0 Å². The molecule has 2 amide bonds. The van der Waals surface area contributed by atoms with Crippen LogP contribution in [-0.4, -0.2) is 73.3 Å². The van der Waals surface area contributed by atoms with Crippen LogP contribution in [0.4, 0.5) is 5.69 Å². The van der Waals surface area contributed by atoms with Crippen molar-refractivity contribution >= 4 is 39.1 Å². The molecule has 1 aromatic rings. The summed E-state index contributed by atoms with van der Waals surface area (Å²) in [6.07, 6.45) is 3.97. The van der Waals surface area contributed by atoms with Crippen molar-refractivity contribution in [3.05, 3.63) is 23.8 Å². The van der Waals surface area contributed by atoms with Crippen LogP contribution in [0.25, 0.3) is 0 Å². The molecule has 2 aliphatic carbocycles. The van der Waals surface area contributed by atoms with Gasteiger partial charge in [0.05, 0.1) is 28.4 Å². The molecule has 1 saturated heterocycles. The zero-order valence-corrected chi connectivity index (χ0v) is 20.0. The second-order valence-corrected chi connectivity index (χ2v) is 12.2. The molecule has 4 aliphatic rings. The fraction of sp³-hybridized carbons (Fsp3) is 0.636. The summed E-state index contributed by atoms with van der Waals surface area (Å²) in [4.78, 5) is 31.3. The number of nitrogens with one attached hydrogen (secondary N) is 1. The molecule has 0 spiro atoms. The number of sulfonamides is 1. The maximum atomic E-state index is 13.6. The molecular formula is C22H29ClN4O4S. The van der Waals surface area contributed by atoms with Gasteiger partial charge in [-0.15, -0.1) is 11.6 Å². The van der Waals surface area contributed by atoms with E-state index in [0.717, 1.165) is 25.1 Å². The van der Waals surface area contributed by atoms with E-state index >= 15 is 0 Å². The standard InChI is InChI=1S/C22H29ClN4O4S/c1-21(7-8-21)24-32(30,31)16-5-6-18-17(9-16)20(29)27(14-25(18)11-15-3-4-15)22(2)12-26(13-22)19(28)10-23/h5-6,9,15,24H,3-4,7-8,10-14H2,1-2H3. The van der Waals surface area contributed by atoms with Gasteiger partial charge in [0, 0.05) is 25.2 Å². The SMILES string of the molecule is CC1(NS(=O)(=O)c2ccc3c(c2)C(=O)N(C2(C)CN(C(=O)CCl)C2)CN3CC2CC2)CC1. The number of alkyl halides is 1. The van der Waals surface area contributed by atoms with E-state index in [-0.39, 0.29) is 28.1 Å². The zero-order chi connectivity index (χ0) is 22.9. The zero-order valence-electron chi connectivity index (χ0n) is 18.4. The first-order chi connectivity index (χ1) is 15.0. The molecule has 1 N–H and O–H groups in total. The van der Waals surface area contributed by atoms with Crippen molar-refractivity contribution in [2.75, 3.05) is 37.1 Å². The number of hydrogen-bond acceptors (Lipinski definition) is 5. The lowest BCUT2D eigenvalue weighted by atomic mass is 9.88. The summed E-state index contributed by atoms with van der Waals surface area (Å²) in [6, 6.07) is 4.88. The molecule has 0 atom stereocenters. The molecule has 0 unspecified atom stereocenters. The molecule has 0 aromatic heterocycles. The van der Waals surface area contributed by atoms with Crippen LogP contribution in [0.5, 0.6) is 0 Å². The van der Waals surface area contributed by atoms with Crippen LogP contribution in [-0.2, 0) is 14.8 Å². The smallest absolute Gasteiger partial charge is 0.257 e. The van der Waals surface area contributed by atoms with E-state index in [2.05, 4.69) is 9.62 Å². The average Bonchev–Trinajstić information content (AvgIpc) is 3.65. The van der Waals surface area contributed by atoms with E-state index in [0.29, 0.717) is 31.2 Å². The summed E-state index contributed by atoms with van der Waals surface area (Å²) in [5.74, 6) is 0.189. The van der Waals surface area contributed by atoms with Crippen LogP contribution >= 0.6 is 11.6 Å². The molecule has 2 heterocycles. The van der Waals surface area contributed by atoms with Gasteiger partial charge in [-0.3, -0.25) is 9.59 Å². The molecule has 0 bridgehead atoms. The van der Waals surface area contributed by atoms with E-state index in [1.165, 1.54) is 18.9 Å². The first-order valence-electron chi connectivity index (χ1n) is 11.1. The van der Waals surface area contributed by atoms with E-state index in [1.54, 1.807) is 21.9 Å². The molecule has 1 aromatic carbocycles. The number of anilines is 1. The molecule has 174 valence electrons. The minimum Gasteiger partial charge on any atom is -0.353 e. The van der Waals surface area contributed by atoms with Crippen LogP contribution in [0, 0.1) is 5.92 Å². The van der Waals surface area contributed by atoms with E-state index < -0.39 is 15.6 Å². The second-order valence-electron chi connectivity index (χ2n) is 10.3. The van der Waals surface area contributed by atoms with E-state index in [1.807, 2.05) is 13.8 Å². The normalized spacial score (nSPS) is 23.6. The van der Waals surface area contributed by atoms with Crippen LogP contribution < -0.4 is 9.62 Å². The van der Waals surface area contributed by atoms with Gasteiger partial charge in [0.2, 0.25) is 15.9 Å². The van der Waals surface area contributed by atoms with Gasteiger partial charge in [-0.2, -0.15) is 0 Å². The molecule has 0 radical (unpaired) electrons. The fourth-order valence-electron chi connectivity index (χ4n) is 4.65. The van der Waals surface area contributed by atoms with Crippen LogP contribution in [0.2, 0.25) is 0 Å². The van der Waals surface area contributed by atoms with Crippen molar-refractivity contribution in [2.45, 2.75) is 55.5 Å². The Morgan fingerprint density at radius 3 is 2.50 bits per heavy atom. The van der Waals surface area contributed by atoms with Gasteiger partial charge in [0.1, 0.15) is 5.88 Å². The number of amides is 2. The quantitative estimate of drug-likeness (QED) is 0.603. The van der Waals surface area contributed by atoms with Crippen LogP contribution in [0.1, 0.15) is 49.9 Å². The molecule has 5 rings (SSSR count). The monoisotopic (exact) mass is 480 g/mol. The Balaban J connectivity index is 1.46. The number of fused-ring (bicyclic) bond motifs is 1. The lowest BCUT2D eigenvalue weighted by Crippen LogP contribution is -2.73. The third kappa shape index (κ3) is 3.88. The topological polar surface area (TPSA) is 90.0 Å². The third-order valence-corrected chi connectivity index (χ3v) is 9.01. The van der Waals surface area contributed by atoms with Gasteiger partial charge in [0.25, 0.3) is 5.91 Å². The summed E-state index contributed by atoms with van der Waals surface area (Å²) >= 11 is 5.69. The molecule has 10 heteroatoms. The van der Waals surface area contributed by atoms with Gasteiger partial charge >= 0.3 is 0 Å². The molecule has 2 saturated carbocycles. The predicted octanol–water partition coefficient (Wildman–Crippen LogP) is 1.99. The Morgan fingerprint density at radius 1 is 1.22 bits per heavy atom. The van der Waals surface area contributed by atoms with Crippen LogP contribution in [0.15, 0.2) is 23.1 Å². The Bertz CT molecular complexity index is 1080. The highest BCUT2D eigenvalue weighted by molar-refractivity contribution is 7.89. The maximum Gasteiger partial charge on any atom is 0.257 e. The largest absolute Gasteiger partial charge is 0.353 e. The number of rotatable bonds is 7. The van der Waals surface area contributed by atoms with Gasteiger partial charge < -0.3 is 14.7 Å². The Labute approximate surface area is 193 Å². The average molecular weight is 481 g/mol. The van der Waals surface area contributed by atoms with Gasteiger partial charge in [-0.05, 0) is 63.6 Å². The second kappa shape index (κ2) is 7.33. The van der Waals surface area contributed by atoms with Crippen molar-refractivity contribution in [3.8, 4) is 0 Å². The van der Waals surface area contributed by atoms with Crippen molar-refractivity contribution < 1.29 is 18.0 Å². The Kier molecular flexibility index (Phi) is 5.04. The van der Waals surface area contributed by atoms with Crippen molar-refractivity contribution in [1.82, 2.24) is 14.5 Å². The number of hydrogen-bond donors (Lipinski definition) is 1. The predicted molar refractivity (Wildman–Crippen MR) is 121 cm³/mol. The Hall–Kier alpha value is -1.84. The van der Waals surface area contributed by atoms with Gasteiger partial charge in [-0.25, -0.2) is 13.1 Å². The molecule has 8 nitrogen and oxygen atoms in total. The number of benzene rings is 1. The summed E-state index contributed by atoms with van der Waals surface area (Å²) in [5.41, 5.74) is 0.295. The third-order valence-electron chi connectivity index (χ3n) is 7.14. The first-order valence-corrected chi connectivity index (χ1v) is 13.1. The van der Waals surface area contributed by atoms with Crippen molar-refractivity contribution in [3.63, 3.8) is 0 Å². The number of carbonyl (C=O) groups excluding carboxylic acids is 2. The maximum absolute atomic E-state index is 13.6. The van der Waals surface area contributed by atoms with Crippen molar-refractivity contribution in [2.24, 2.45) is 5.92 Å². The highest BCUT2D eigenvalue weighted by atomic mass is 35.5. The summed E-state index contributed by atoms with van der Waals surface area (Å²) in [5, 5.41) is 0. The number of halogens is 1.